The minimum Gasteiger partial charge on any atom is -0.507 e. The molecule has 0 bridgehead atoms. The molecule has 3 nitrogen and oxygen atoms in total. The molecule has 0 amide bonds. The predicted molar refractivity (Wildman–Crippen MR) is 48.0 cm³/mol. The van der Waals surface area contributed by atoms with Crippen LogP contribution in [-0.4, -0.2) is 11.4 Å². The van der Waals surface area contributed by atoms with E-state index >= 15 is 0 Å². The molecule has 0 saturated heterocycles. The summed E-state index contributed by atoms with van der Waals surface area (Å²) in [5.74, 6) is 0.817. The van der Waals surface area contributed by atoms with E-state index in [1.54, 1.807) is 13.0 Å². The lowest BCUT2D eigenvalue weighted by atomic mass is 10.1. The van der Waals surface area contributed by atoms with Crippen molar-refractivity contribution in [2.75, 3.05) is 0 Å². The zero-order valence-electron chi connectivity index (χ0n) is 7.07. The van der Waals surface area contributed by atoms with Crippen LogP contribution < -0.4 is 0 Å². The molecule has 1 aromatic carbocycles. The van der Waals surface area contributed by atoms with Crippen LogP contribution in [0.5, 0.6) is 5.75 Å². The van der Waals surface area contributed by atoms with Crippen LogP contribution in [-0.2, 0) is 0 Å². The van der Waals surface area contributed by atoms with E-state index in [0.717, 1.165) is 0 Å². The number of phenols is 1. The van der Waals surface area contributed by atoms with Crippen LogP contribution in [0.4, 0.5) is 0 Å². The van der Waals surface area contributed by atoms with E-state index in [-0.39, 0.29) is 5.75 Å². The largest absolute Gasteiger partial charge is 0.507 e. The van der Waals surface area contributed by atoms with E-state index in [2.05, 4.69) is 0 Å². The van der Waals surface area contributed by atoms with Crippen molar-refractivity contribution in [2.45, 2.75) is 6.92 Å². The summed E-state index contributed by atoms with van der Waals surface area (Å²) >= 11 is 0. The number of aromatic hydroxyl groups is 1. The van der Waals surface area contributed by atoms with E-state index < -0.39 is 0 Å². The van der Waals surface area contributed by atoms with Gasteiger partial charge in [-0.15, -0.1) is 0 Å². The Morgan fingerprint density at radius 3 is 2.92 bits per heavy atom. The maximum Gasteiger partial charge on any atom is 0.153 e. The lowest BCUT2D eigenvalue weighted by molar-refractivity contribution is 0.112. The maximum absolute atomic E-state index is 10.6. The van der Waals surface area contributed by atoms with Gasteiger partial charge in [0.1, 0.15) is 17.1 Å². The van der Waals surface area contributed by atoms with Gasteiger partial charge in [0, 0.05) is 0 Å². The first-order valence-electron chi connectivity index (χ1n) is 3.89. The lowest BCUT2D eigenvalue weighted by Gasteiger charge is -1.94. The number of benzene rings is 1. The Labute approximate surface area is 74.6 Å². The first-order valence-corrected chi connectivity index (χ1v) is 3.89. The van der Waals surface area contributed by atoms with Crippen molar-refractivity contribution in [3.63, 3.8) is 0 Å². The molecule has 0 fully saturated rings. The fourth-order valence-electron chi connectivity index (χ4n) is 1.35. The molecule has 13 heavy (non-hydrogen) atoms. The van der Waals surface area contributed by atoms with Crippen molar-refractivity contribution in [2.24, 2.45) is 0 Å². The highest BCUT2D eigenvalue weighted by atomic mass is 16.3. The molecule has 2 rings (SSSR count). The Balaban J connectivity index is 2.91. The Bertz CT molecular complexity index is 468. The van der Waals surface area contributed by atoms with Gasteiger partial charge in [-0.3, -0.25) is 4.79 Å². The van der Waals surface area contributed by atoms with Crippen molar-refractivity contribution < 1.29 is 14.3 Å². The molecule has 0 aliphatic carbocycles. The number of rotatable bonds is 1. The summed E-state index contributed by atoms with van der Waals surface area (Å²) < 4.78 is 5.28. The summed E-state index contributed by atoms with van der Waals surface area (Å²) in [4.78, 5) is 10.6. The number of furan rings is 1. The summed E-state index contributed by atoms with van der Waals surface area (Å²) in [5.41, 5.74) is 0.911. The SMILES string of the molecule is Cc1cc2c(O)ccc(C=O)c2o1. The standard InChI is InChI=1S/C10H8O3/c1-6-4-8-9(12)3-2-7(5-11)10(8)13-6/h2-5,12H,1H3. The van der Waals surface area contributed by atoms with Gasteiger partial charge in [-0.25, -0.2) is 0 Å². The Kier molecular flexibility index (Phi) is 1.59. The van der Waals surface area contributed by atoms with Gasteiger partial charge in [0.2, 0.25) is 0 Å². The van der Waals surface area contributed by atoms with E-state index in [4.69, 9.17) is 4.42 Å². The zero-order valence-corrected chi connectivity index (χ0v) is 7.07. The van der Waals surface area contributed by atoms with Gasteiger partial charge in [0.25, 0.3) is 0 Å². The highest BCUT2D eigenvalue weighted by Crippen LogP contribution is 2.29. The Hall–Kier alpha value is -1.77. The second-order valence-electron chi connectivity index (χ2n) is 2.89. The summed E-state index contributed by atoms with van der Waals surface area (Å²) in [5, 5.41) is 10.0. The second-order valence-corrected chi connectivity index (χ2v) is 2.89. The van der Waals surface area contributed by atoms with E-state index in [1.165, 1.54) is 12.1 Å². The molecule has 1 heterocycles. The number of carbonyl (C=O) groups excluding carboxylic acids is 1. The van der Waals surface area contributed by atoms with Crippen molar-refractivity contribution in [3.8, 4) is 5.75 Å². The van der Waals surface area contributed by atoms with Gasteiger partial charge in [-0.1, -0.05) is 0 Å². The van der Waals surface area contributed by atoms with Gasteiger partial charge in [-0.2, -0.15) is 0 Å². The average Bonchev–Trinajstić information content (AvgIpc) is 2.48. The van der Waals surface area contributed by atoms with E-state index in [9.17, 15) is 9.90 Å². The lowest BCUT2D eigenvalue weighted by Crippen LogP contribution is -1.79. The van der Waals surface area contributed by atoms with Gasteiger partial charge in [-0.05, 0) is 25.1 Å². The maximum atomic E-state index is 10.6. The number of hydrogen-bond donors (Lipinski definition) is 1. The summed E-state index contributed by atoms with van der Waals surface area (Å²) in [6.45, 7) is 1.77. The van der Waals surface area contributed by atoms with Crippen LogP contribution in [0.25, 0.3) is 11.0 Å². The van der Waals surface area contributed by atoms with Crippen LogP contribution in [0, 0.1) is 6.92 Å². The van der Waals surface area contributed by atoms with Gasteiger partial charge >= 0.3 is 0 Å². The fourth-order valence-corrected chi connectivity index (χ4v) is 1.35. The number of carbonyl (C=O) groups is 1. The van der Waals surface area contributed by atoms with Gasteiger partial charge in [0.05, 0.1) is 10.9 Å². The summed E-state index contributed by atoms with van der Waals surface area (Å²) in [6, 6.07) is 4.73. The first-order chi connectivity index (χ1) is 6.22. The highest BCUT2D eigenvalue weighted by Gasteiger charge is 2.09. The molecule has 0 unspecified atom stereocenters. The fraction of sp³-hybridized carbons (Fsp3) is 0.100. The number of fused-ring (bicyclic) bond motifs is 1. The monoisotopic (exact) mass is 176 g/mol. The number of aryl methyl sites for hydroxylation is 1. The van der Waals surface area contributed by atoms with Crippen LogP contribution in [0.1, 0.15) is 16.1 Å². The molecule has 0 aliphatic heterocycles. The molecule has 1 N–H and O–H groups in total. The molecule has 0 saturated carbocycles. The normalized spacial score (nSPS) is 10.5. The van der Waals surface area contributed by atoms with Crippen LogP contribution in [0.15, 0.2) is 22.6 Å². The predicted octanol–water partition coefficient (Wildman–Crippen LogP) is 2.26. The van der Waals surface area contributed by atoms with Crippen molar-refractivity contribution in [1.82, 2.24) is 0 Å². The molecule has 3 heteroatoms. The van der Waals surface area contributed by atoms with E-state index in [0.29, 0.717) is 28.6 Å². The molecule has 2 aromatic rings. The molecule has 0 atom stereocenters. The Morgan fingerprint density at radius 2 is 2.23 bits per heavy atom. The number of aldehydes is 1. The van der Waals surface area contributed by atoms with Crippen LogP contribution >= 0.6 is 0 Å². The van der Waals surface area contributed by atoms with Gasteiger partial charge in [0.15, 0.2) is 6.29 Å². The first kappa shape index (κ1) is 7.86. The minimum atomic E-state index is 0.137. The third-order valence-corrected chi connectivity index (χ3v) is 1.94. The molecule has 1 aromatic heterocycles. The minimum absolute atomic E-state index is 0.137. The molecular weight excluding hydrogens is 168 g/mol. The van der Waals surface area contributed by atoms with Gasteiger partial charge < -0.3 is 9.52 Å². The van der Waals surface area contributed by atoms with Crippen molar-refractivity contribution in [1.29, 1.82) is 0 Å². The topological polar surface area (TPSA) is 50.4 Å². The van der Waals surface area contributed by atoms with Crippen molar-refractivity contribution >= 4 is 17.3 Å². The molecule has 0 radical (unpaired) electrons. The smallest absolute Gasteiger partial charge is 0.153 e. The molecular formula is C10H8O3. The number of phenolic OH excluding ortho intramolecular Hbond substituents is 1. The number of hydrogen-bond acceptors (Lipinski definition) is 3. The third-order valence-electron chi connectivity index (χ3n) is 1.94. The summed E-state index contributed by atoms with van der Waals surface area (Å²) in [6.07, 6.45) is 0.713. The van der Waals surface area contributed by atoms with Crippen LogP contribution in [0.2, 0.25) is 0 Å². The van der Waals surface area contributed by atoms with E-state index in [1.807, 2.05) is 0 Å². The molecule has 0 aliphatic rings. The Morgan fingerprint density at radius 1 is 1.46 bits per heavy atom. The zero-order chi connectivity index (χ0) is 9.42. The second kappa shape index (κ2) is 2.62. The molecule has 0 spiro atoms. The quantitative estimate of drug-likeness (QED) is 0.678. The molecule has 66 valence electrons. The average molecular weight is 176 g/mol. The summed E-state index contributed by atoms with van der Waals surface area (Å²) in [7, 11) is 0. The third kappa shape index (κ3) is 1.09. The van der Waals surface area contributed by atoms with Crippen molar-refractivity contribution in [3.05, 3.63) is 29.5 Å². The highest BCUT2D eigenvalue weighted by molar-refractivity contribution is 5.97. The van der Waals surface area contributed by atoms with Crippen LogP contribution in [0.3, 0.4) is 0 Å².